The van der Waals surface area contributed by atoms with Crippen LogP contribution in [-0.4, -0.2) is 25.1 Å². The predicted octanol–water partition coefficient (Wildman–Crippen LogP) is 3.19. The van der Waals surface area contributed by atoms with E-state index in [-0.39, 0.29) is 12.0 Å². The second-order valence-electron chi connectivity index (χ2n) is 5.96. The van der Waals surface area contributed by atoms with Crippen molar-refractivity contribution < 1.29 is 9.53 Å². The van der Waals surface area contributed by atoms with Crippen LogP contribution in [0.15, 0.2) is 24.3 Å². The first kappa shape index (κ1) is 15.8. The van der Waals surface area contributed by atoms with Crippen LogP contribution in [0.2, 0.25) is 0 Å². The number of hydrogen-bond donors (Lipinski definition) is 2. The molecule has 4 heteroatoms. The molecule has 0 spiro atoms. The van der Waals surface area contributed by atoms with Crippen molar-refractivity contribution in [2.75, 3.05) is 18.4 Å². The molecule has 1 heterocycles. The van der Waals surface area contributed by atoms with E-state index < -0.39 is 0 Å². The Morgan fingerprint density at radius 1 is 1.43 bits per heavy atom. The Hall–Kier alpha value is -1.55. The SMILES string of the molecule is CC(C)Oc1ccccc1NC(=O)CCC1CCCNC1. The number of ether oxygens (including phenoxy) is 1. The summed E-state index contributed by atoms with van der Waals surface area (Å²) in [6.07, 6.45) is 4.07. The van der Waals surface area contributed by atoms with E-state index in [9.17, 15) is 4.79 Å². The number of piperidine rings is 1. The van der Waals surface area contributed by atoms with E-state index in [4.69, 9.17) is 4.74 Å². The monoisotopic (exact) mass is 290 g/mol. The highest BCUT2D eigenvalue weighted by Gasteiger charge is 2.15. The van der Waals surface area contributed by atoms with Crippen molar-refractivity contribution in [3.63, 3.8) is 0 Å². The molecule has 1 amide bonds. The number of hydrogen-bond acceptors (Lipinski definition) is 3. The van der Waals surface area contributed by atoms with Crippen LogP contribution in [0.5, 0.6) is 5.75 Å². The maximum atomic E-state index is 12.1. The lowest BCUT2D eigenvalue weighted by Gasteiger charge is -2.22. The standard InChI is InChI=1S/C17H26N2O2/c1-13(2)21-16-8-4-3-7-15(16)19-17(20)10-9-14-6-5-11-18-12-14/h3-4,7-8,13-14,18H,5-6,9-12H2,1-2H3,(H,19,20). The highest BCUT2D eigenvalue weighted by atomic mass is 16.5. The fourth-order valence-corrected chi connectivity index (χ4v) is 2.64. The maximum Gasteiger partial charge on any atom is 0.224 e. The summed E-state index contributed by atoms with van der Waals surface area (Å²) in [6.45, 7) is 6.12. The molecule has 0 saturated carbocycles. The lowest BCUT2D eigenvalue weighted by atomic mass is 9.94. The third-order valence-electron chi connectivity index (χ3n) is 3.70. The van der Waals surface area contributed by atoms with Crippen LogP contribution >= 0.6 is 0 Å². The summed E-state index contributed by atoms with van der Waals surface area (Å²) in [5, 5.41) is 6.36. The molecule has 1 aliphatic heterocycles. The lowest BCUT2D eigenvalue weighted by Crippen LogP contribution is -2.30. The van der Waals surface area contributed by atoms with Crippen molar-refractivity contribution in [3.8, 4) is 5.75 Å². The average molecular weight is 290 g/mol. The largest absolute Gasteiger partial charge is 0.489 e. The molecule has 1 unspecified atom stereocenters. The van der Waals surface area contributed by atoms with E-state index in [0.29, 0.717) is 12.3 Å². The molecule has 21 heavy (non-hydrogen) atoms. The van der Waals surface area contributed by atoms with E-state index in [2.05, 4.69) is 10.6 Å². The molecule has 0 bridgehead atoms. The average Bonchev–Trinajstić information content (AvgIpc) is 2.48. The minimum atomic E-state index is 0.0698. The smallest absolute Gasteiger partial charge is 0.224 e. The number of para-hydroxylation sites is 2. The lowest BCUT2D eigenvalue weighted by molar-refractivity contribution is -0.116. The molecule has 4 nitrogen and oxygen atoms in total. The van der Waals surface area contributed by atoms with E-state index in [1.807, 2.05) is 38.1 Å². The van der Waals surface area contributed by atoms with Crippen LogP contribution in [0.1, 0.15) is 39.5 Å². The quantitative estimate of drug-likeness (QED) is 0.846. The summed E-state index contributed by atoms with van der Waals surface area (Å²) in [5.74, 6) is 1.44. The molecule has 1 atom stereocenters. The Labute approximate surface area is 127 Å². The zero-order chi connectivity index (χ0) is 15.1. The molecule has 0 aromatic heterocycles. The van der Waals surface area contributed by atoms with Crippen LogP contribution in [0.3, 0.4) is 0 Å². The Kier molecular flexibility index (Phi) is 6.05. The fourth-order valence-electron chi connectivity index (χ4n) is 2.64. The first-order valence-electron chi connectivity index (χ1n) is 7.91. The van der Waals surface area contributed by atoms with Crippen molar-refractivity contribution in [1.82, 2.24) is 5.32 Å². The second kappa shape index (κ2) is 8.03. The topological polar surface area (TPSA) is 50.4 Å². The highest BCUT2D eigenvalue weighted by Crippen LogP contribution is 2.25. The van der Waals surface area contributed by atoms with Gasteiger partial charge in [-0.2, -0.15) is 0 Å². The zero-order valence-electron chi connectivity index (χ0n) is 13.0. The molecule has 1 aliphatic rings. The van der Waals surface area contributed by atoms with Gasteiger partial charge < -0.3 is 15.4 Å². The Morgan fingerprint density at radius 3 is 2.95 bits per heavy atom. The van der Waals surface area contributed by atoms with E-state index in [1.54, 1.807) is 0 Å². The first-order valence-corrected chi connectivity index (χ1v) is 7.91. The van der Waals surface area contributed by atoms with Crippen LogP contribution in [0.4, 0.5) is 5.69 Å². The first-order chi connectivity index (χ1) is 10.1. The molecule has 0 radical (unpaired) electrons. The molecule has 116 valence electrons. The summed E-state index contributed by atoms with van der Waals surface area (Å²) in [7, 11) is 0. The number of nitrogens with one attached hydrogen (secondary N) is 2. The fraction of sp³-hybridized carbons (Fsp3) is 0.588. The van der Waals surface area contributed by atoms with Gasteiger partial charge in [0.05, 0.1) is 11.8 Å². The molecule has 1 aromatic rings. The van der Waals surface area contributed by atoms with Gasteiger partial charge in [-0.25, -0.2) is 0 Å². The van der Waals surface area contributed by atoms with Gasteiger partial charge in [-0.3, -0.25) is 4.79 Å². The van der Waals surface area contributed by atoms with Crippen molar-refractivity contribution in [1.29, 1.82) is 0 Å². The summed E-state index contributed by atoms with van der Waals surface area (Å²) in [6, 6.07) is 7.60. The molecule has 2 rings (SSSR count). The van der Waals surface area contributed by atoms with Crippen LogP contribution < -0.4 is 15.4 Å². The number of benzene rings is 1. The summed E-state index contributed by atoms with van der Waals surface area (Å²) < 4.78 is 5.72. The van der Waals surface area contributed by atoms with E-state index in [1.165, 1.54) is 12.8 Å². The molecule has 0 aliphatic carbocycles. The van der Waals surface area contributed by atoms with Crippen molar-refractivity contribution in [2.24, 2.45) is 5.92 Å². The molecule has 1 aromatic carbocycles. The normalized spacial score (nSPS) is 18.5. The van der Waals surface area contributed by atoms with Crippen molar-refractivity contribution >= 4 is 11.6 Å². The van der Waals surface area contributed by atoms with E-state index >= 15 is 0 Å². The number of anilines is 1. The minimum Gasteiger partial charge on any atom is -0.489 e. The second-order valence-corrected chi connectivity index (χ2v) is 5.96. The van der Waals surface area contributed by atoms with Crippen LogP contribution in [0.25, 0.3) is 0 Å². The molecular formula is C17H26N2O2. The van der Waals surface area contributed by atoms with Gasteiger partial charge in [0.2, 0.25) is 5.91 Å². The predicted molar refractivity (Wildman–Crippen MR) is 85.7 cm³/mol. The molecule has 1 saturated heterocycles. The number of rotatable bonds is 6. The van der Waals surface area contributed by atoms with Crippen LogP contribution in [0, 0.1) is 5.92 Å². The van der Waals surface area contributed by atoms with Gasteiger partial charge in [0, 0.05) is 6.42 Å². The molecular weight excluding hydrogens is 264 g/mol. The van der Waals surface area contributed by atoms with Gasteiger partial charge in [-0.15, -0.1) is 0 Å². The maximum absolute atomic E-state index is 12.1. The van der Waals surface area contributed by atoms with Gasteiger partial charge in [0.25, 0.3) is 0 Å². The van der Waals surface area contributed by atoms with E-state index in [0.717, 1.165) is 30.9 Å². The third kappa shape index (κ3) is 5.38. The number of carbonyl (C=O) groups is 1. The zero-order valence-corrected chi connectivity index (χ0v) is 13.0. The van der Waals surface area contributed by atoms with Gasteiger partial charge in [-0.1, -0.05) is 12.1 Å². The Bertz CT molecular complexity index is 454. The Balaban J connectivity index is 1.84. The highest BCUT2D eigenvalue weighted by molar-refractivity contribution is 5.92. The summed E-state index contributed by atoms with van der Waals surface area (Å²) in [5.41, 5.74) is 0.762. The Morgan fingerprint density at radius 2 is 2.24 bits per heavy atom. The summed E-state index contributed by atoms with van der Waals surface area (Å²) >= 11 is 0. The summed E-state index contributed by atoms with van der Waals surface area (Å²) in [4.78, 5) is 12.1. The number of amides is 1. The van der Waals surface area contributed by atoms with Gasteiger partial charge in [0.15, 0.2) is 0 Å². The van der Waals surface area contributed by atoms with Gasteiger partial charge in [-0.05, 0) is 64.3 Å². The minimum absolute atomic E-state index is 0.0698. The molecule has 2 N–H and O–H groups in total. The molecule has 1 fully saturated rings. The van der Waals surface area contributed by atoms with Crippen LogP contribution in [-0.2, 0) is 4.79 Å². The van der Waals surface area contributed by atoms with Crippen molar-refractivity contribution in [3.05, 3.63) is 24.3 Å². The van der Waals surface area contributed by atoms with Gasteiger partial charge >= 0.3 is 0 Å². The van der Waals surface area contributed by atoms with Gasteiger partial charge in [0.1, 0.15) is 5.75 Å². The number of carbonyl (C=O) groups excluding carboxylic acids is 1. The van der Waals surface area contributed by atoms with Crippen molar-refractivity contribution in [2.45, 2.75) is 45.6 Å². The third-order valence-corrected chi connectivity index (χ3v) is 3.70.